The summed E-state index contributed by atoms with van der Waals surface area (Å²) >= 11 is 7.88. The second kappa shape index (κ2) is 6.16. The van der Waals surface area contributed by atoms with Crippen molar-refractivity contribution in [2.45, 2.75) is 32.1 Å². The van der Waals surface area contributed by atoms with Crippen molar-refractivity contribution in [3.63, 3.8) is 0 Å². The maximum Gasteiger partial charge on any atom is 0.315 e. The SMILES string of the molecule is CCOC(=O)C1CCc2sc(Cc3ccccc3Cl)nc21. The molecule has 1 heterocycles. The molecule has 21 heavy (non-hydrogen) atoms. The van der Waals surface area contributed by atoms with Crippen LogP contribution in [-0.4, -0.2) is 17.6 Å². The highest BCUT2D eigenvalue weighted by Crippen LogP contribution is 2.38. The molecule has 3 nitrogen and oxygen atoms in total. The molecule has 0 fully saturated rings. The molecule has 1 atom stereocenters. The summed E-state index contributed by atoms with van der Waals surface area (Å²) < 4.78 is 5.13. The summed E-state index contributed by atoms with van der Waals surface area (Å²) in [6.07, 6.45) is 2.45. The van der Waals surface area contributed by atoms with Gasteiger partial charge in [0.05, 0.1) is 17.3 Å². The minimum atomic E-state index is -0.184. The molecule has 0 saturated carbocycles. The van der Waals surface area contributed by atoms with Crippen LogP contribution in [0.4, 0.5) is 0 Å². The van der Waals surface area contributed by atoms with Crippen LogP contribution >= 0.6 is 22.9 Å². The number of aromatic nitrogens is 1. The van der Waals surface area contributed by atoms with E-state index in [-0.39, 0.29) is 11.9 Å². The lowest BCUT2D eigenvalue weighted by Gasteiger charge is -2.08. The summed E-state index contributed by atoms with van der Waals surface area (Å²) in [5.74, 6) is -0.331. The zero-order valence-electron chi connectivity index (χ0n) is 11.8. The zero-order chi connectivity index (χ0) is 14.8. The number of carbonyl (C=O) groups excluding carboxylic acids is 1. The Hall–Kier alpha value is -1.39. The van der Waals surface area contributed by atoms with Gasteiger partial charge in [-0.15, -0.1) is 11.3 Å². The van der Waals surface area contributed by atoms with Crippen LogP contribution in [0.5, 0.6) is 0 Å². The lowest BCUT2D eigenvalue weighted by molar-refractivity contribution is -0.145. The van der Waals surface area contributed by atoms with E-state index in [1.807, 2.05) is 31.2 Å². The normalized spacial score (nSPS) is 16.8. The highest BCUT2D eigenvalue weighted by atomic mass is 35.5. The Morgan fingerprint density at radius 1 is 1.48 bits per heavy atom. The molecule has 0 radical (unpaired) electrons. The molecule has 1 aliphatic carbocycles. The lowest BCUT2D eigenvalue weighted by Crippen LogP contribution is -2.14. The van der Waals surface area contributed by atoms with E-state index >= 15 is 0 Å². The monoisotopic (exact) mass is 321 g/mol. The molecule has 1 aromatic heterocycles. The van der Waals surface area contributed by atoms with Crippen LogP contribution in [0.15, 0.2) is 24.3 Å². The van der Waals surface area contributed by atoms with Crippen molar-refractivity contribution in [2.24, 2.45) is 0 Å². The van der Waals surface area contributed by atoms with Crippen LogP contribution in [0, 0.1) is 0 Å². The maximum absolute atomic E-state index is 12.0. The first kappa shape index (κ1) is 14.5. The van der Waals surface area contributed by atoms with Gasteiger partial charge in [0, 0.05) is 16.3 Å². The van der Waals surface area contributed by atoms with Gasteiger partial charge < -0.3 is 4.74 Å². The molecule has 0 aliphatic heterocycles. The predicted molar refractivity (Wildman–Crippen MR) is 84.1 cm³/mol. The Kier molecular flexibility index (Phi) is 4.27. The number of ether oxygens (including phenoxy) is 1. The average Bonchev–Trinajstić information content (AvgIpc) is 3.01. The fourth-order valence-corrected chi connectivity index (χ4v) is 4.00. The van der Waals surface area contributed by atoms with Gasteiger partial charge in [0.1, 0.15) is 5.92 Å². The number of hydrogen-bond donors (Lipinski definition) is 0. The van der Waals surface area contributed by atoms with E-state index in [2.05, 4.69) is 4.98 Å². The topological polar surface area (TPSA) is 39.2 Å². The van der Waals surface area contributed by atoms with Crippen LogP contribution < -0.4 is 0 Å². The second-order valence-electron chi connectivity index (χ2n) is 5.03. The number of benzene rings is 1. The third-order valence-electron chi connectivity index (χ3n) is 3.63. The zero-order valence-corrected chi connectivity index (χ0v) is 13.3. The number of esters is 1. The van der Waals surface area contributed by atoms with Crippen molar-refractivity contribution < 1.29 is 9.53 Å². The number of halogens is 1. The van der Waals surface area contributed by atoms with Gasteiger partial charge in [0.25, 0.3) is 0 Å². The average molecular weight is 322 g/mol. The summed E-state index contributed by atoms with van der Waals surface area (Å²) in [6, 6.07) is 7.80. The van der Waals surface area contributed by atoms with Crippen molar-refractivity contribution in [2.75, 3.05) is 6.61 Å². The minimum absolute atomic E-state index is 0.147. The second-order valence-corrected chi connectivity index (χ2v) is 6.60. The molecule has 0 spiro atoms. The number of fused-ring (bicyclic) bond motifs is 1. The number of rotatable bonds is 4. The molecule has 110 valence electrons. The summed E-state index contributed by atoms with van der Waals surface area (Å²) in [5.41, 5.74) is 1.99. The number of thiazole rings is 1. The predicted octanol–water partition coefficient (Wildman–Crippen LogP) is 3.98. The standard InChI is InChI=1S/C16H16ClNO2S/c1-2-20-16(19)11-7-8-13-15(11)18-14(21-13)9-10-5-3-4-6-12(10)17/h3-6,11H,2,7-9H2,1H3. The number of hydrogen-bond acceptors (Lipinski definition) is 4. The van der Waals surface area contributed by atoms with Gasteiger partial charge in [-0.3, -0.25) is 4.79 Å². The lowest BCUT2D eigenvalue weighted by atomic mass is 10.1. The molecule has 3 rings (SSSR count). The van der Waals surface area contributed by atoms with Crippen molar-refractivity contribution in [1.82, 2.24) is 4.98 Å². The largest absolute Gasteiger partial charge is 0.465 e. The van der Waals surface area contributed by atoms with E-state index in [1.165, 1.54) is 4.88 Å². The molecule has 0 bridgehead atoms. The van der Waals surface area contributed by atoms with Gasteiger partial charge in [-0.05, 0) is 31.4 Å². The molecular formula is C16H16ClNO2S. The van der Waals surface area contributed by atoms with E-state index in [1.54, 1.807) is 11.3 Å². The minimum Gasteiger partial charge on any atom is -0.465 e. The van der Waals surface area contributed by atoms with Crippen LogP contribution in [0.2, 0.25) is 5.02 Å². The van der Waals surface area contributed by atoms with Gasteiger partial charge >= 0.3 is 5.97 Å². The smallest absolute Gasteiger partial charge is 0.315 e. The Bertz CT molecular complexity index is 668. The Labute approximate surface area is 132 Å². The van der Waals surface area contributed by atoms with Crippen LogP contribution in [0.3, 0.4) is 0 Å². The van der Waals surface area contributed by atoms with E-state index in [4.69, 9.17) is 16.3 Å². The fraction of sp³-hybridized carbons (Fsp3) is 0.375. The molecule has 1 aromatic carbocycles. The molecule has 2 aromatic rings. The molecule has 0 amide bonds. The van der Waals surface area contributed by atoms with Gasteiger partial charge in [-0.1, -0.05) is 29.8 Å². The quantitative estimate of drug-likeness (QED) is 0.800. The number of carbonyl (C=O) groups is 1. The van der Waals surface area contributed by atoms with Crippen molar-refractivity contribution >= 4 is 28.9 Å². The summed E-state index contributed by atoms with van der Waals surface area (Å²) in [7, 11) is 0. The van der Waals surface area contributed by atoms with E-state index in [9.17, 15) is 4.79 Å². The van der Waals surface area contributed by atoms with Crippen molar-refractivity contribution in [1.29, 1.82) is 0 Å². The highest BCUT2D eigenvalue weighted by Gasteiger charge is 2.33. The summed E-state index contributed by atoms with van der Waals surface area (Å²) in [4.78, 5) is 17.8. The van der Waals surface area contributed by atoms with Crippen LogP contribution in [0.25, 0.3) is 0 Å². The third kappa shape index (κ3) is 2.97. The Morgan fingerprint density at radius 3 is 3.05 bits per heavy atom. The first-order chi connectivity index (χ1) is 10.2. The van der Waals surface area contributed by atoms with Gasteiger partial charge in [0.2, 0.25) is 0 Å². The third-order valence-corrected chi connectivity index (χ3v) is 5.13. The summed E-state index contributed by atoms with van der Waals surface area (Å²) in [5, 5.41) is 1.77. The molecule has 1 unspecified atom stereocenters. The summed E-state index contributed by atoms with van der Waals surface area (Å²) in [6.45, 7) is 2.25. The van der Waals surface area contributed by atoms with Gasteiger partial charge in [-0.2, -0.15) is 0 Å². The van der Waals surface area contributed by atoms with Gasteiger partial charge in [0.15, 0.2) is 0 Å². The maximum atomic E-state index is 12.0. The van der Waals surface area contributed by atoms with Crippen molar-refractivity contribution in [3.05, 3.63) is 50.4 Å². The van der Waals surface area contributed by atoms with Crippen LogP contribution in [0.1, 0.15) is 40.4 Å². The molecule has 0 N–H and O–H groups in total. The first-order valence-electron chi connectivity index (χ1n) is 7.07. The molecular weight excluding hydrogens is 306 g/mol. The fourth-order valence-electron chi connectivity index (χ4n) is 2.63. The van der Waals surface area contributed by atoms with E-state index in [0.29, 0.717) is 13.0 Å². The van der Waals surface area contributed by atoms with Crippen molar-refractivity contribution in [3.8, 4) is 0 Å². The van der Waals surface area contributed by atoms with Gasteiger partial charge in [-0.25, -0.2) is 4.98 Å². The Balaban J connectivity index is 1.81. The Morgan fingerprint density at radius 2 is 2.29 bits per heavy atom. The highest BCUT2D eigenvalue weighted by molar-refractivity contribution is 7.11. The molecule has 1 aliphatic rings. The van der Waals surface area contributed by atoms with Crippen LogP contribution in [-0.2, 0) is 22.4 Å². The molecule has 5 heteroatoms. The number of nitrogens with zero attached hydrogens (tertiary/aromatic N) is 1. The number of aryl methyl sites for hydroxylation is 1. The first-order valence-corrected chi connectivity index (χ1v) is 8.27. The van der Waals surface area contributed by atoms with E-state index < -0.39 is 0 Å². The molecule has 0 saturated heterocycles. The van der Waals surface area contributed by atoms with E-state index in [0.717, 1.165) is 34.1 Å².